The fourth-order valence-corrected chi connectivity index (χ4v) is 3.99. The molecular weight excluding hydrogens is 378 g/mol. The van der Waals surface area contributed by atoms with Gasteiger partial charge >= 0.3 is 0 Å². The van der Waals surface area contributed by atoms with Crippen LogP contribution in [0.25, 0.3) is 0 Å². The third-order valence-electron chi connectivity index (χ3n) is 4.83. The molecule has 0 heterocycles. The number of anilines is 1. The van der Waals surface area contributed by atoms with E-state index in [2.05, 4.69) is 59.0 Å². The summed E-state index contributed by atoms with van der Waals surface area (Å²) in [6.45, 7) is 12.8. The number of carbonyl (C=O) groups excluding carboxylic acids is 1. The van der Waals surface area contributed by atoms with Crippen LogP contribution in [0.3, 0.4) is 0 Å². The number of aromatic hydroxyl groups is 1. The van der Waals surface area contributed by atoms with Crippen LogP contribution in [-0.2, 0) is 22.0 Å². The van der Waals surface area contributed by atoms with E-state index in [1.54, 1.807) is 11.8 Å². The molecule has 0 fully saturated rings. The number of hydrogen-bond acceptors (Lipinski definition) is 3. The lowest BCUT2D eigenvalue weighted by atomic mass is 9.78. The van der Waals surface area contributed by atoms with Crippen LogP contribution in [0.4, 0.5) is 5.69 Å². The smallest absolute Gasteiger partial charge is 0.234 e. The van der Waals surface area contributed by atoms with Gasteiger partial charge < -0.3 is 10.4 Å². The molecule has 3 nitrogen and oxygen atoms in total. The Morgan fingerprint density at radius 1 is 0.966 bits per heavy atom. The number of amides is 1. The maximum Gasteiger partial charge on any atom is 0.234 e. The molecule has 2 N–H and O–H groups in total. The molecule has 0 unspecified atom stereocenters. The summed E-state index contributed by atoms with van der Waals surface area (Å²) in [5.41, 5.74) is 3.90. The first-order chi connectivity index (χ1) is 13.5. The van der Waals surface area contributed by atoms with Gasteiger partial charge in [-0.05, 0) is 58.2 Å². The third-order valence-corrected chi connectivity index (χ3v) is 5.87. The standard InChI is InChI=1S/C25H35NO2S/c1-24(2,3)20-15-18(16-21(23(20)28)25(4,5)6)11-10-14-29-17-22(27)26-19-12-8-7-9-13-19/h7-9,12-13,15-16,28H,10-11,14,17H2,1-6H3,(H,26,27). The van der Waals surface area contributed by atoms with Crippen molar-refractivity contribution in [2.24, 2.45) is 0 Å². The number of nitrogens with one attached hydrogen (secondary N) is 1. The fraction of sp³-hybridized carbons (Fsp3) is 0.480. The summed E-state index contributed by atoms with van der Waals surface area (Å²) in [5, 5.41) is 13.7. The van der Waals surface area contributed by atoms with E-state index >= 15 is 0 Å². The zero-order chi connectivity index (χ0) is 21.7. The van der Waals surface area contributed by atoms with E-state index in [0.717, 1.165) is 35.4 Å². The lowest BCUT2D eigenvalue weighted by Crippen LogP contribution is -2.18. The molecule has 0 aromatic heterocycles. The van der Waals surface area contributed by atoms with E-state index in [-0.39, 0.29) is 16.7 Å². The molecule has 0 aliphatic carbocycles. The van der Waals surface area contributed by atoms with Crippen molar-refractivity contribution in [3.05, 3.63) is 59.2 Å². The Bertz CT molecular complexity index is 782. The molecule has 0 bridgehead atoms. The quantitative estimate of drug-likeness (QED) is 0.524. The number of para-hydroxylation sites is 1. The number of rotatable bonds is 7. The van der Waals surface area contributed by atoms with Gasteiger partial charge in [0, 0.05) is 5.69 Å². The minimum absolute atomic E-state index is 0.0378. The predicted octanol–water partition coefficient (Wildman–Crippen LogP) is 6.29. The van der Waals surface area contributed by atoms with Crippen LogP contribution >= 0.6 is 11.8 Å². The zero-order valence-electron chi connectivity index (χ0n) is 18.6. The molecule has 0 radical (unpaired) electrons. The predicted molar refractivity (Wildman–Crippen MR) is 126 cm³/mol. The van der Waals surface area contributed by atoms with Gasteiger partial charge in [0.2, 0.25) is 5.91 Å². The van der Waals surface area contributed by atoms with E-state index in [1.807, 2.05) is 30.3 Å². The van der Waals surface area contributed by atoms with Crippen molar-refractivity contribution in [2.45, 2.75) is 65.2 Å². The molecule has 2 rings (SSSR count). The third kappa shape index (κ3) is 7.11. The number of hydrogen-bond donors (Lipinski definition) is 2. The molecular formula is C25H35NO2S. The highest BCUT2D eigenvalue weighted by molar-refractivity contribution is 7.99. The van der Waals surface area contributed by atoms with Crippen LogP contribution in [0, 0.1) is 0 Å². The number of phenolic OH excluding ortho intramolecular Hbond substituents is 1. The first kappa shape index (κ1) is 23.3. The Morgan fingerprint density at radius 2 is 1.52 bits per heavy atom. The minimum Gasteiger partial charge on any atom is -0.507 e. The summed E-state index contributed by atoms with van der Waals surface area (Å²) in [4.78, 5) is 12.0. The maximum absolute atomic E-state index is 12.0. The van der Waals surface area contributed by atoms with Gasteiger partial charge in [0.15, 0.2) is 0 Å². The van der Waals surface area contributed by atoms with Crippen LogP contribution in [0.1, 0.15) is 64.7 Å². The molecule has 4 heteroatoms. The summed E-state index contributed by atoms with van der Waals surface area (Å²) in [6.07, 6.45) is 1.95. The van der Waals surface area contributed by atoms with E-state index in [0.29, 0.717) is 11.5 Å². The highest BCUT2D eigenvalue weighted by Gasteiger charge is 2.26. The van der Waals surface area contributed by atoms with Gasteiger partial charge in [0.1, 0.15) is 5.75 Å². The van der Waals surface area contributed by atoms with E-state index < -0.39 is 0 Å². The highest BCUT2D eigenvalue weighted by atomic mass is 32.2. The van der Waals surface area contributed by atoms with Gasteiger partial charge in [-0.2, -0.15) is 11.8 Å². The lowest BCUT2D eigenvalue weighted by molar-refractivity contribution is -0.113. The van der Waals surface area contributed by atoms with Gasteiger partial charge in [-0.25, -0.2) is 0 Å². The monoisotopic (exact) mass is 413 g/mol. The normalized spacial score (nSPS) is 12.1. The van der Waals surface area contributed by atoms with E-state index in [1.165, 1.54) is 5.56 Å². The lowest BCUT2D eigenvalue weighted by Gasteiger charge is -2.28. The Kier molecular flexibility index (Phi) is 7.81. The number of thioether (sulfide) groups is 1. The Balaban J connectivity index is 1.92. The number of aryl methyl sites for hydroxylation is 1. The molecule has 0 atom stereocenters. The molecule has 1 amide bonds. The summed E-state index contributed by atoms with van der Waals surface area (Å²) >= 11 is 1.66. The van der Waals surface area contributed by atoms with Gasteiger partial charge in [0.25, 0.3) is 0 Å². The summed E-state index contributed by atoms with van der Waals surface area (Å²) in [6, 6.07) is 13.9. The molecule has 158 valence electrons. The van der Waals surface area contributed by atoms with Crippen LogP contribution in [0.15, 0.2) is 42.5 Å². The van der Waals surface area contributed by atoms with Gasteiger partial charge in [-0.1, -0.05) is 71.9 Å². The van der Waals surface area contributed by atoms with Gasteiger partial charge in [-0.15, -0.1) is 0 Å². The molecule has 0 saturated carbocycles. The average Bonchev–Trinajstić information content (AvgIpc) is 2.61. The second-order valence-corrected chi connectivity index (χ2v) is 10.7. The summed E-state index contributed by atoms with van der Waals surface area (Å²) in [5.74, 6) is 1.86. The van der Waals surface area contributed by atoms with Crippen molar-refractivity contribution in [2.75, 3.05) is 16.8 Å². The average molecular weight is 414 g/mol. The van der Waals surface area contributed by atoms with E-state index in [4.69, 9.17) is 0 Å². The second kappa shape index (κ2) is 9.71. The van der Waals surface area contributed by atoms with Crippen molar-refractivity contribution in [3.63, 3.8) is 0 Å². The molecule has 29 heavy (non-hydrogen) atoms. The van der Waals surface area contributed by atoms with Crippen LogP contribution < -0.4 is 5.32 Å². The van der Waals surface area contributed by atoms with Crippen molar-refractivity contribution in [1.82, 2.24) is 0 Å². The van der Waals surface area contributed by atoms with Crippen molar-refractivity contribution >= 4 is 23.4 Å². The van der Waals surface area contributed by atoms with Crippen LogP contribution in [0.2, 0.25) is 0 Å². The molecule has 0 saturated heterocycles. The van der Waals surface area contributed by atoms with Crippen LogP contribution in [0.5, 0.6) is 5.75 Å². The number of benzene rings is 2. The van der Waals surface area contributed by atoms with Gasteiger partial charge in [0.05, 0.1) is 5.75 Å². The molecule has 0 aliphatic rings. The zero-order valence-corrected chi connectivity index (χ0v) is 19.5. The van der Waals surface area contributed by atoms with Gasteiger partial charge in [-0.3, -0.25) is 4.79 Å². The molecule has 2 aromatic rings. The fourth-order valence-electron chi connectivity index (χ4n) is 3.24. The second-order valence-electron chi connectivity index (χ2n) is 9.61. The SMILES string of the molecule is CC(C)(C)c1cc(CCCSCC(=O)Nc2ccccc2)cc(C(C)(C)C)c1O. The Morgan fingerprint density at radius 3 is 2.03 bits per heavy atom. The largest absolute Gasteiger partial charge is 0.507 e. The van der Waals surface area contributed by atoms with Crippen molar-refractivity contribution in [1.29, 1.82) is 0 Å². The summed E-state index contributed by atoms with van der Waals surface area (Å²) in [7, 11) is 0. The van der Waals surface area contributed by atoms with Crippen molar-refractivity contribution < 1.29 is 9.90 Å². The summed E-state index contributed by atoms with van der Waals surface area (Å²) < 4.78 is 0. The first-order valence-electron chi connectivity index (χ1n) is 10.3. The number of carbonyl (C=O) groups is 1. The Labute approximate surface area is 180 Å². The number of phenols is 1. The van der Waals surface area contributed by atoms with E-state index in [9.17, 15) is 9.90 Å². The maximum atomic E-state index is 12.0. The van der Waals surface area contributed by atoms with Crippen molar-refractivity contribution in [3.8, 4) is 5.75 Å². The Hall–Kier alpha value is -1.94. The molecule has 0 spiro atoms. The molecule has 0 aliphatic heterocycles. The topological polar surface area (TPSA) is 49.3 Å². The highest BCUT2D eigenvalue weighted by Crippen LogP contribution is 2.40. The minimum atomic E-state index is -0.107. The van der Waals surface area contributed by atoms with Crippen LogP contribution in [-0.4, -0.2) is 22.5 Å². The first-order valence-corrected chi connectivity index (χ1v) is 11.4. The molecule has 2 aromatic carbocycles.